The summed E-state index contributed by atoms with van der Waals surface area (Å²) < 4.78 is 6.14. The van der Waals surface area contributed by atoms with Crippen LogP contribution in [0.3, 0.4) is 0 Å². The van der Waals surface area contributed by atoms with Crippen molar-refractivity contribution in [3.63, 3.8) is 0 Å². The molecule has 1 heterocycles. The lowest BCUT2D eigenvalue weighted by atomic mass is 10.3. The Morgan fingerprint density at radius 1 is 1.19 bits per heavy atom. The third-order valence-electron chi connectivity index (χ3n) is 1.85. The molecule has 0 unspecified atom stereocenters. The second kappa shape index (κ2) is 4.91. The standard InChI is InChI=1S/C10H9BrN4O/c11-8-9(15-12)13-6-14-10(8)16-7-4-2-1-3-5-7/h1-6H,12H2,(H,13,14,15). The van der Waals surface area contributed by atoms with Gasteiger partial charge in [0.25, 0.3) is 0 Å². The minimum Gasteiger partial charge on any atom is -0.438 e. The van der Waals surface area contributed by atoms with Crippen molar-refractivity contribution < 1.29 is 4.74 Å². The van der Waals surface area contributed by atoms with E-state index in [0.29, 0.717) is 21.9 Å². The summed E-state index contributed by atoms with van der Waals surface area (Å²) in [6, 6.07) is 9.35. The Kier molecular flexibility index (Phi) is 3.33. The SMILES string of the molecule is NNc1ncnc(Oc2ccccc2)c1Br. The first-order valence-electron chi connectivity index (χ1n) is 4.51. The molecule has 0 atom stereocenters. The number of nitrogens with two attached hydrogens (primary N) is 1. The maximum Gasteiger partial charge on any atom is 0.238 e. The van der Waals surface area contributed by atoms with E-state index in [2.05, 4.69) is 31.3 Å². The van der Waals surface area contributed by atoms with Gasteiger partial charge in [-0.3, -0.25) is 0 Å². The van der Waals surface area contributed by atoms with Crippen LogP contribution in [-0.4, -0.2) is 9.97 Å². The quantitative estimate of drug-likeness (QED) is 0.667. The average Bonchev–Trinajstić information content (AvgIpc) is 2.33. The van der Waals surface area contributed by atoms with Crippen molar-refractivity contribution in [2.45, 2.75) is 0 Å². The Balaban J connectivity index is 2.28. The van der Waals surface area contributed by atoms with Crippen molar-refractivity contribution in [2.75, 3.05) is 5.43 Å². The predicted octanol–water partition coefficient (Wildman–Crippen LogP) is 2.32. The summed E-state index contributed by atoms with van der Waals surface area (Å²) in [5.74, 6) is 6.87. The van der Waals surface area contributed by atoms with Gasteiger partial charge in [-0.25, -0.2) is 15.8 Å². The lowest BCUT2D eigenvalue weighted by molar-refractivity contribution is 0.458. The minimum absolute atomic E-state index is 0.411. The molecule has 0 amide bonds. The van der Waals surface area contributed by atoms with Gasteiger partial charge in [0.2, 0.25) is 5.88 Å². The van der Waals surface area contributed by atoms with Crippen LogP contribution in [0.4, 0.5) is 5.82 Å². The first-order valence-corrected chi connectivity index (χ1v) is 5.30. The van der Waals surface area contributed by atoms with E-state index in [9.17, 15) is 0 Å². The van der Waals surface area contributed by atoms with Crippen LogP contribution in [0.15, 0.2) is 41.1 Å². The van der Waals surface area contributed by atoms with E-state index in [-0.39, 0.29) is 0 Å². The molecule has 0 saturated heterocycles. The minimum atomic E-state index is 0.411. The lowest BCUT2D eigenvalue weighted by Crippen LogP contribution is -2.09. The number of nitrogens with one attached hydrogen (secondary N) is 1. The lowest BCUT2D eigenvalue weighted by Gasteiger charge is -2.08. The van der Waals surface area contributed by atoms with Gasteiger partial charge in [-0.1, -0.05) is 18.2 Å². The number of nitrogens with zero attached hydrogens (tertiary/aromatic N) is 2. The van der Waals surface area contributed by atoms with Crippen molar-refractivity contribution in [1.29, 1.82) is 0 Å². The number of para-hydroxylation sites is 1. The van der Waals surface area contributed by atoms with Crippen LogP contribution in [0.25, 0.3) is 0 Å². The van der Waals surface area contributed by atoms with E-state index in [1.54, 1.807) is 0 Å². The van der Waals surface area contributed by atoms with Gasteiger partial charge >= 0.3 is 0 Å². The summed E-state index contributed by atoms with van der Waals surface area (Å²) in [5.41, 5.74) is 2.44. The fraction of sp³-hybridized carbons (Fsp3) is 0. The zero-order valence-corrected chi connectivity index (χ0v) is 9.81. The Hall–Kier alpha value is -1.66. The molecular weight excluding hydrogens is 272 g/mol. The molecule has 82 valence electrons. The number of ether oxygens (including phenoxy) is 1. The van der Waals surface area contributed by atoms with Crippen LogP contribution in [0.2, 0.25) is 0 Å². The Labute approximate surface area is 101 Å². The number of nitrogen functional groups attached to an aromatic ring is 1. The van der Waals surface area contributed by atoms with Gasteiger partial charge in [0.15, 0.2) is 5.82 Å². The Bertz CT molecular complexity index is 478. The summed E-state index contributed by atoms with van der Waals surface area (Å²) in [4.78, 5) is 7.93. The first-order chi connectivity index (χ1) is 7.81. The van der Waals surface area contributed by atoms with Gasteiger partial charge in [-0.05, 0) is 28.1 Å². The molecule has 6 heteroatoms. The largest absolute Gasteiger partial charge is 0.438 e. The van der Waals surface area contributed by atoms with E-state index < -0.39 is 0 Å². The van der Waals surface area contributed by atoms with Gasteiger partial charge in [-0.2, -0.15) is 0 Å². The van der Waals surface area contributed by atoms with E-state index in [1.165, 1.54) is 6.33 Å². The number of benzene rings is 1. The molecule has 0 aliphatic heterocycles. The average molecular weight is 281 g/mol. The van der Waals surface area contributed by atoms with Crippen molar-refractivity contribution >= 4 is 21.7 Å². The number of rotatable bonds is 3. The molecule has 5 nitrogen and oxygen atoms in total. The normalized spacial score (nSPS) is 9.88. The van der Waals surface area contributed by atoms with Gasteiger partial charge in [-0.15, -0.1) is 0 Å². The Morgan fingerprint density at radius 2 is 1.94 bits per heavy atom. The van der Waals surface area contributed by atoms with E-state index in [0.717, 1.165) is 0 Å². The predicted molar refractivity (Wildman–Crippen MR) is 64.1 cm³/mol. The molecule has 2 aromatic rings. The van der Waals surface area contributed by atoms with Crippen LogP contribution in [0.5, 0.6) is 11.6 Å². The molecule has 16 heavy (non-hydrogen) atoms. The number of halogens is 1. The van der Waals surface area contributed by atoms with Crippen LogP contribution < -0.4 is 16.0 Å². The molecule has 0 spiro atoms. The first kappa shape index (κ1) is 10.8. The molecule has 3 N–H and O–H groups in total. The topological polar surface area (TPSA) is 73.1 Å². The molecule has 0 aliphatic carbocycles. The molecule has 0 radical (unpaired) electrons. The highest BCUT2D eigenvalue weighted by atomic mass is 79.9. The van der Waals surface area contributed by atoms with Crippen LogP contribution >= 0.6 is 15.9 Å². The Morgan fingerprint density at radius 3 is 2.62 bits per heavy atom. The molecule has 1 aromatic carbocycles. The molecule has 2 rings (SSSR count). The van der Waals surface area contributed by atoms with Crippen molar-refractivity contribution in [2.24, 2.45) is 5.84 Å². The zero-order valence-electron chi connectivity index (χ0n) is 8.22. The molecule has 0 fully saturated rings. The number of hydrazine groups is 1. The maximum absolute atomic E-state index is 5.56. The summed E-state index contributed by atoms with van der Waals surface area (Å²) in [5, 5.41) is 0. The second-order valence-electron chi connectivity index (χ2n) is 2.90. The monoisotopic (exact) mass is 280 g/mol. The number of hydrogen-bond donors (Lipinski definition) is 2. The highest BCUT2D eigenvalue weighted by Gasteiger charge is 2.09. The smallest absolute Gasteiger partial charge is 0.238 e. The van der Waals surface area contributed by atoms with Crippen LogP contribution in [0.1, 0.15) is 0 Å². The van der Waals surface area contributed by atoms with E-state index in [4.69, 9.17) is 10.6 Å². The fourth-order valence-corrected chi connectivity index (χ4v) is 1.53. The summed E-state index contributed by atoms with van der Waals surface area (Å²) in [6.45, 7) is 0. The third kappa shape index (κ3) is 2.29. The van der Waals surface area contributed by atoms with E-state index >= 15 is 0 Å². The summed E-state index contributed by atoms with van der Waals surface area (Å²) in [7, 11) is 0. The van der Waals surface area contributed by atoms with E-state index in [1.807, 2.05) is 30.3 Å². The zero-order chi connectivity index (χ0) is 11.4. The highest BCUT2D eigenvalue weighted by molar-refractivity contribution is 9.10. The molecule has 0 bridgehead atoms. The molecule has 0 aliphatic rings. The van der Waals surface area contributed by atoms with Crippen LogP contribution in [0, 0.1) is 0 Å². The third-order valence-corrected chi connectivity index (χ3v) is 2.57. The molecule has 0 saturated carbocycles. The van der Waals surface area contributed by atoms with Gasteiger partial charge in [0.1, 0.15) is 16.5 Å². The van der Waals surface area contributed by atoms with Crippen LogP contribution in [-0.2, 0) is 0 Å². The number of aromatic nitrogens is 2. The van der Waals surface area contributed by atoms with Crippen molar-refractivity contribution in [3.8, 4) is 11.6 Å². The van der Waals surface area contributed by atoms with Crippen molar-refractivity contribution in [3.05, 3.63) is 41.1 Å². The van der Waals surface area contributed by atoms with Crippen molar-refractivity contribution in [1.82, 2.24) is 9.97 Å². The second-order valence-corrected chi connectivity index (χ2v) is 3.69. The fourth-order valence-electron chi connectivity index (χ4n) is 1.13. The summed E-state index contributed by atoms with van der Waals surface area (Å²) in [6.07, 6.45) is 1.37. The number of hydrogen-bond acceptors (Lipinski definition) is 5. The molecular formula is C10H9BrN4O. The van der Waals surface area contributed by atoms with Gasteiger partial charge in [0, 0.05) is 0 Å². The summed E-state index contributed by atoms with van der Waals surface area (Å²) >= 11 is 3.31. The van der Waals surface area contributed by atoms with Gasteiger partial charge in [0.05, 0.1) is 0 Å². The highest BCUT2D eigenvalue weighted by Crippen LogP contribution is 2.30. The molecule has 1 aromatic heterocycles. The number of anilines is 1. The van der Waals surface area contributed by atoms with Gasteiger partial charge < -0.3 is 10.2 Å². The maximum atomic E-state index is 5.56.